The van der Waals surface area contributed by atoms with E-state index in [1.165, 1.54) is 0 Å². The van der Waals surface area contributed by atoms with Gasteiger partial charge in [0.05, 0.1) is 20.3 Å². The monoisotopic (exact) mass is 277 g/mol. The molecule has 4 heteroatoms. The SMILES string of the molecule is CCCCC(=O)N1CCOC(c2ccc(OC)cc2)C1. The lowest BCUT2D eigenvalue weighted by Gasteiger charge is -2.33. The van der Waals surface area contributed by atoms with Crippen molar-refractivity contribution in [3.8, 4) is 5.75 Å². The summed E-state index contributed by atoms with van der Waals surface area (Å²) in [6.07, 6.45) is 2.63. The zero-order valence-electron chi connectivity index (χ0n) is 12.3. The molecule has 20 heavy (non-hydrogen) atoms. The predicted molar refractivity (Wildman–Crippen MR) is 77.8 cm³/mol. The predicted octanol–water partition coefficient (Wildman–Crippen LogP) is 2.79. The highest BCUT2D eigenvalue weighted by molar-refractivity contribution is 5.76. The van der Waals surface area contributed by atoms with Gasteiger partial charge in [0.2, 0.25) is 5.91 Å². The summed E-state index contributed by atoms with van der Waals surface area (Å²) >= 11 is 0. The maximum Gasteiger partial charge on any atom is 0.222 e. The summed E-state index contributed by atoms with van der Waals surface area (Å²) in [6.45, 7) is 4.06. The zero-order chi connectivity index (χ0) is 14.4. The largest absolute Gasteiger partial charge is 0.497 e. The maximum atomic E-state index is 12.1. The van der Waals surface area contributed by atoms with E-state index >= 15 is 0 Å². The van der Waals surface area contributed by atoms with Crippen molar-refractivity contribution in [2.24, 2.45) is 0 Å². The number of carbonyl (C=O) groups is 1. The van der Waals surface area contributed by atoms with Crippen LogP contribution in [0.2, 0.25) is 0 Å². The number of rotatable bonds is 5. The van der Waals surface area contributed by atoms with Crippen molar-refractivity contribution in [3.05, 3.63) is 29.8 Å². The van der Waals surface area contributed by atoms with Crippen molar-refractivity contribution in [1.82, 2.24) is 4.90 Å². The lowest BCUT2D eigenvalue weighted by molar-refractivity contribution is -0.139. The Morgan fingerprint density at radius 2 is 2.15 bits per heavy atom. The third kappa shape index (κ3) is 3.73. The van der Waals surface area contributed by atoms with E-state index in [-0.39, 0.29) is 12.0 Å². The Labute approximate surface area is 120 Å². The number of nitrogens with zero attached hydrogens (tertiary/aromatic N) is 1. The lowest BCUT2D eigenvalue weighted by atomic mass is 10.1. The number of carbonyl (C=O) groups excluding carboxylic acids is 1. The normalized spacial score (nSPS) is 18.9. The fraction of sp³-hybridized carbons (Fsp3) is 0.562. The fourth-order valence-electron chi connectivity index (χ4n) is 2.38. The van der Waals surface area contributed by atoms with Crippen molar-refractivity contribution >= 4 is 5.91 Å². The van der Waals surface area contributed by atoms with Crippen molar-refractivity contribution in [3.63, 3.8) is 0 Å². The van der Waals surface area contributed by atoms with Gasteiger partial charge in [-0.3, -0.25) is 4.79 Å². The Morgan fingerprint density at radius 3 is 2.80 bits per heavy atom. The number of unbranched alkanes of at least 4 members (excludes halogenated alkanes) is 1. The molecule has 0 saturated carbocycles. The Balaban J connectivity index is 1.96. The van der Waals surface area contributed by atoms with Crippen molar-refractivity contribution in [2.75, 3.05) is 26.8 Å². The van der Waals surface area contributed by atoms with Gasteiger partial charge >= 0.3 is 0 Å². The number of methoxy groups -OCH3 is 1. The van der Waals surface area contributed by atoms with Crippen LogP contribution in [-0.4, -0.2) is 37.6 Å². The smallest absolute Gasteiger partial charge is 0.222 e. The molecule has 1 unspecified atom stereocenters. The molecule has 1 heterocycles. The second-order valence-corrected chi connectivity index (χ2v) is 5.08. The van der Waals surface area contributed by atoms with Gasteiger partial charge in [-0.05, 0) is 24.1 Å². The molecular weight excluding hydrogens is 254 g/mol. The minimum Gasteiger partial charge on any atom is -0.497 e. The molecule has 0 aliphatic carbocycles. The molecule has 1 saturated heterocycles. The second kappa shape index (κ2) is 7.29. The summed E-state index contributed by atoms with van der Waals surface area (Å²) in [6, 6.07) is 7.86. The average Bonchev–Trinajstić information content (AvgIpc) is 2.52. The first-order valence-electron chi connectivity index (χ1n) is 7.28. The van der Waals surface area contributed by atoms with Gasteiger partial charge in [0.25, 0.3) is 0 Å². The summed E-state index contributed by atoms with van der Waals surface area (Å²) in [5.41, 5.74) is 1.10. The van der Waals surface area contributed by atoms with E-state index in [2.05, 4.69) is 6.92 Å². The maximum absolute atomic E-state index is 12.1. The molecule has 1 aliphatic heterocycles. The first-order valence-corrected chi connectivity index (χ1v) is 7.28. The van der Waals surface area contributed by atoms with Crippen LogP contribution >= 0.6 is 0 Å². The number of benzene rings is 1. The fourth-order valence-corrected chi connectivity index (χ4v) is 2.38. The Bertz CT molecular complexity index is 430. The molecule has 1 amide bonds. The van der Waals surface area contributed by atoms with E-state index in [4.69, 9.17) is 9.47 Å². The van der Waals surface area contributed by atoms with E-state index < -0.39 is 0 Å². The molecule has 0 bridgehead atoms. The van der Waals surface area contributed by atoms with Crippen LogP contribution in [-0.2, 0) is 9.53 Å². The molecule has 0 spiro atoms. The van der Waals surface area contributed by atoms with E-state index in [1.54, 1.807) is 7.11 Å². The summed E-state index contributed by atoms with van der Waals surface area (Å²) < 4.78 is 10.9. The quantitative estimate of drug-likeness (QED) is 0.830. The van der Waals surface area contributed by atoms with Gasteiger partial charge in [-0.15, -0.1) is 0 Å². The van der Waals surface area contributed by atoms with Crippen LogP contribution in [0.25, 0.3) is 0 Å². The topological polar surface area (TPSA) is 38.8 Å². The molecule has 110 valence electrons. The lowest BCUT2D eigenvalue weighted by Crippen LogP contribution is -2.42. The zero-order valence-corrected chi connectivity index (χ0v) is 12.3. The molecular formula is C16H23NO3. The standard InChI is InChI=1S/C16H23NO3/c1-3-4-5-16(18)17-10-11-20-15(12-17)13-6-8-14(19-2)9-7-13/h6-9,15H,3-5,10-12H2,1-2H3. The van der Waals surface area contributed by atoms with Crippen LogP contribution in [0.5, 0.6) is 5.75 Å². The van der Waals surface area contributed by atoms with Crippen molar-refractivity contribution < 1.29 is 14.3 Å². The highest BCUT2D eigenvalue weighted by atomic mass is 16.5. The highest BCUT2D eigenvalue weighted by Crippen LogP contribution is 2.24. The molecule has 4 nitrogen and oxygen atoms in total. The minimum atomic E-state index is -0.0276. The van der Waals surface area contributed by atoms with Crippen LogP contribution in [0.15, 0.2) is 24.3 Å². The number of hydrogen-bond donors (Lipinski definition) is 0. The van der Waals surface area contributed by atoms with Crippen LogP contribution in [0.4, 0.5) is 0 Å². The Morgan fingerprint density at radius 1 is 1.40 bits per heavy atom. The van der Waals surface area contributed by atoms with Crippen LogP contribution in [0.3, 0.4) is 0 Å². The van der Waals surface area contributed by atoms with E-state index in [0.29, 0.717) is 26.1 Å². The van der Waals surface area contributed by atoms with Crippen LogP contribution in [0.1, 0.15) is 37.9 Å². The van der Waals surface area contributed by atoms with Gasteiger partial charge in [-0.2, -0.15) is 0 Å². The Kier molecular flexibility index (Phi) is 5.41. The van der Waals surface area contributed by atoms with Gasteiger partial charge in [-0.1, -0.05) is 25.5 Å². The molecule has 0 radical (unpaired) electrons. The van der Waals surface area contributed by atoms with Crippen molar-refractivity contribution in [2.45, 2.75) is 32.3 Å². The molecule has 2 rings (SSSR count). The summed E-state index contributed by atoms with van der Waals surface area (Å²) in [4.78, 5) is 14.0. The van der Waals surface area contributed by atoms with Crippen molar-refractivity contribution in [1.29, 1.82) is 0 Å². The van der Waals surface area contributed by atoms with Crippen LogP contribution < -0.4 is 4.74 Å². The van der Waals surface area contributed by atoms with Gasteiger partial charge in [-0.25, -0.2) is 0 Å². The molecule has 0 N–H and O–H groups in total. The second-order valence-electron chi connectivity index (χ2n) is 5.08. The third-order valence-corrected chi connectivity index (χ3v) is 3.65. The van der Waals surface area contributed by atoms with Gasteiger partial charge in [0, 0.05) is 13.0 Å². The summed E-state index contributed by atoms with van der Waals surface area (Å²) in [5, 5.41) is 0. The number of morpholine rings is 1. The third-order valence-electron chi connectivity index (χ3n) is 3.65. The molecule has 0 aromatic heterocycles. The first-order chi connectivity index (χ1) is 9.74. The minimum absolute atomic E-state index is 0.0276. The molecule has 1 aromatic carbocycles. The van der Waals surface area contributed by atoms with Gasteiger partial charge in [0.15, 0.2) is 0 Å². The summed E-state index contributed by atoms with van der Waals surface area (Å²) in [5.74, 6) is 1.08. The summed E-state index contributed by atoms with van der Waals surface area (Å²) in [7, 11) is 1.65. The first kappa shape index (κ1) is 14.9. The van der Waals surface area contributed by atoms with E-state index in [1.807, 2.05) is 29.2 Å². The molecule has 1 aromatic rings. The van der Waals surface area contributed by atoms with Gasteiger partial charge < -0.3 is 14.4 Å². The number of amides is 1. The average molecular weight is 277 g/mol. The Hall–Kier alpha value is -1.55. The molecule has 1 atom stereocenters. The van der Waals surface area contributed by atoms with E-state index in [9.17, 15) is 4.79 Å². The number of hydrogen-bond acceptors (Lipinski definition) is 3. The van der Waals surface area contributed by atoms with E-state index in [0.717, 1.165) is 24.2 Å². The number of ether oxygens (including phenoxy) is 2. The molecule has 1 aliphatic rings. The highest BCUT2D eigenvalue weighted by Gasteiger charge is 2.24. The van der Waals surface area contributed by atoms with Gasteiger partial charge in [0.1, 0.15) is 11.9 Å². The van der Waals surface area contributed by atoms with Crippen LogP contribution in [0, 0.1) is 0 Å². The molecule has 1 fully saturated rings.